The van der Waals surface area contributed by atoms with E-state index in [1.165, 1.54) is 4.90 Å². The number of aromatic nitrogens is 2. The van der Waals surface area contributed by atoms with Crippen molar-refractivity contribution in [2.24, 2.45) is 7.05 Å². The lowest BCUT2D eigenvalue weighted by atomic mass is 10.2. The Labute approximate surface area is 138 Å². The van der Waals surface area contributed by atoms with Crippen LogP contribution in [0.1, 0.15) is 18.5 Å². The van der Waals surface area contributed by atoms with Crippen LogP contribution in [0.15, 0.2) is 6.20 Å². The van der Waals surface area contributed by atoms with Crippen molar-refractivity contribution >= 4 is 23.5 Å². The molecule has 2 aliphatic heterocycles. The van der Waals surface area contributed by atoms with Crippen molar-refractivity contribution in [2.75, 3.05) is 19.8 Å². The smallest absolute Gasteiger partial charge is 0.306 e. The number of esters is 1. The molecule has 0 radical (unpaired) electrons. The summed E-state index contributed by atoms with van der Waals surface area (Å²) in [6, 6.07) is 0. The Kier molecular flexibility index (Phi) is 4.84. The summed E-state index contributed by atoms with van der Waals surface area (Å²) < 4.78 is 17.5. The summed E-state index contributed by atoms with van der Waals surface area (Å²) in [4.78, 5) is 25.4. The van der Waals surface area contributed by atoms with Crippen molar-refractivity contribution in [3.63, 3.8) is 0 Å². The molecular formula is C14H18ClN3O5. The SMILES string of the molecule is Cn1cc(Cl)c(CN(CC2OCCO2)C(=O)C2CCC(=O)O2)n1. The molecule has 0 aliphatic carbocycles. The van der Waals surface area contributed by atoms with E-state index in [-0.39, 0.29) is 31.4 Å². The van der Waals surface area contributed by atoms with Crippen LogP contribution in [0.5, 0.6) is 0 Å². The number of cyclic esters (lactones) is 1. The van der Waals surface area contributed by atoms with Gasteiger partial charge in [0.25, 0.3) is 5.91 Å². The van der Waals surface area contributed by atoms with Crippen LogP contribution in [-0.4, -0.2) is 58.7 Å². The number of nitrogens with zero attached hydrogens (tertiary/aromatic N) is 3. The van der Waals surface area contributed by atoms with Gasteiger partial charge in [0.2, 0.25) is 0 Å². The van der Waals surface area contributed by atoms with E-state index < -0.39 is 12.4 Å². The topological polar surface area (TPSA) is 82.9 Å². The minimum Gasteiger partial charge on any atom is -0.452 e. The zero-order valence-electron chi connectivity index (χ0n) is 12.7. The molecule has 0 spiro atoms. The van der Waals surface area contributed by atoms with Gasteiger partial charge in [-0.1, -0.05) is 11.6 Å². The van der Waals surface area contributed by atoms with E-state index in [0.29, 0.717) is 30.4 Å². The maximum absolute atomic E-state index is 12.7. The number of rotatable bonds is 5. The molecule has 3 rings (SSSR count). The monoisotopic (exact) mass is 343 g/mol. The van der Waals surface area contributed by atoms with Crippen LogP contribution >= 0.6 is 11.6 Å². The number of amides is 1. The van der Waals surface area contributed by atoms with Crippen molar-refractivity contribution in [2.45, 2.75) is 31.8 Å². The summed E-state index contributed by atoms with van der Waals surface area (Å²) in [5.41, 5.74) is 0.574. The summed E-state index contributed by atoms with van der Waals surface area (Å²) >= 11 is 6.12. The van der Waals surface area contributed by atoms with Gasteiger partial charge in [0, 0.05) is 26.1 Å². The third kappa shape index (κ3) is 3.82. The molecule has 2 fully saturated rings. The first kappa shape index (κ1) is 16.2. The van der Waals surface area contributed by atoms with Crippen molar-refractivity contribution < 1.29 is 23.8 Å². The lowest BCUT2D eigenvalue weighted by Crippen LogP contribution is -2.43. The van der Waals surface area contributed by atoms with Gasteiger partial charge in [-0.2, -0.15) is 5.10 Å². The second kappa shape index (κ2) is 6.86. The van der Waals surface area contributed by atoms with Gasteiger partial charge < -0.3 is 19.1 Å². The lowest BCUT2D eigenvalue weighted by Gasteiger charge is -2.26. The van der Waals surface area contributed by atoms with E-state index in [4.69, 9.17) is 25.8 Å². The quantitative estimate of drug-likeness (QED) is 0.723. The molecule has 126 valence electrons. The van der Waals surface area contributed by atoms with Crippen molar-refractivity contribution in [3.05, 3.63) is 16.9 Å². The first-order valence-corrected chi connectivity index (χ1v) is 7.80. The second-order valence-electron chi connectivity index (χ2n) is 5.50. The standard InChI is InChI=1S/C14H18ClN3O5/c1-17-6-9(15)10(16-17)7-18(8-13-21-4-5-22-13)14(20)11-2-3-12(19)23-11/h6,11,13H,2-5,7-8H2,1H3. The second-order valence-corrected chi connectivity index (χ2v) is 5.91. The average Bonchev–Trinajstić information content (AvgIpc) is 3.21. The fraction of sp³-hybridized carbons (Fsp3) is 0.643. The Balaban J connectivity index is 1.73. The molecular weight excluding hydrogens is 326 g/mol. The first-order valence-electron chi connectivity index (χ1n) is 7.42. The average molecular weight is 344 g/mol. The predicted octanol–water partition coefficient (Wildman–Crippen LogP) is 0.481. The van der Waals surface area contributed by atoms with Gasteiger partial charge in [-0.3, -0.25) is 14.3 Å². The van der Waals surface area contributed by atoms with Gasteiger partial charge >= 0.3 is 5.97 Å². The number of halogens is 1. The van der Waals surface area contributed by atoms with Crippen LogP contribution in [0.2, 0.25) is 5.02 Å². The Morgan fingerprint density at radius 2 is 2.22 bits per heavy atom. The molecule has 2 aliphatic rings. The Morgan fingerprint density at radius 3 is 2.78 bits per heavy atom. The predicted molar refractivity (Wildman–Crippen MR) is 78.4 cm³/mol. The zero-order valence-corrected chi connectivity index (χ0v) is 13.5. The third-order valence-electron chi connectivity index (χ3n) is 3.73. The molecule has 1 atom stereocenters. The minimum absolute atomic E-state index is 0.204. The van der Waals surface area contributed by atoms with Gasteiger partial charge in [-0.15, -0.1) is 0 Å². The Bertz CT molecular complexity index is 599. The first-order chi connectivity index (χ1) is 11.0. The zero-order chi connectivity index (χ0) is 16.4. The summed E-state index contributed by atoms with van der Waals surface area (Å²) in [6.45, 7) is 1.43. The number of hydrogen-bond donors (Lipinski definition) is 0. The van der Waals surface area contributed by atoms with Crippen LogP contribution in [0.25, 0.3) is 0 Å². The fourth-order valence-electron chi connectivity index (χ4n) is 2.62. The van der Waals surface area contributed by atoms with Crippen molar-refractivity contribution in [1.29, 1.82) is 0 Å². The molecule has 23 heavy (non-hydrogen) atoms. The van der Waals surface area contributed by atoms with Crippen LogP contribution in [0.3, 0.4) is 0 Å². The van der Waals surface area contributed by atoms with Crippen molar-refractivity contribution in [1.82, 2.24) is 14.7 Å². The summed E-state index contributed by atoms with van der Waals surface area (Å²) in [7, 11) is 1.75. The lowest BCUT2D eigenvalue weighted by molar-refractivity contribution is -0.156. The fourth-order valence-corrected chi connectivity index (χ4v) is 2.86. The summed E-state index contributed by atoms with van der Waals surface area (Å²) in [6.07, 6.45) is 1.06. The molecule has 1 aromatic heterocycles. The highest BCUT2D eigenvalue weighted by Crippen LogP contribution is 2.21. The van der Waals surface area contributed by atoms with Crippen LogP contribution in [-0.2, 0) is 37.4 Å². The minimum atomic E-state index is -0.758. The van der Waals surface area contributed by atoms with Crippen molar-refractivity contribution in [3.8, 4) is 0 Å². The molecule has 3 heterocycles. The van der Waals surface area contributed by atoms with Gasteiger partial charge in [-0.05, 0) is 0 Å². The Hall–Kier alpha value is -1.64. The van der Waals surface area contributed by atoms with E-state index in [1.807, 2.05) is 0 Å². The van der Waals surface area contributed by atoms with Gasteiger partial charge in [-0.25, -0.2) is 0 Å². The third-order valence-corrected chi connectivity index (χ3v) is 4.04. The van der Waals surface area contributed by atoms with Gasteiger partial charge in [0.1, 0.15) is 5.69 Å². The molecule has 9 heteroatoms. The van der Waals surface area contributed by atoms with E-state index in [1.54, 1.807) is 17.9 Å². The largest absolute Gasteiger partial charge is 0.452 e. The normalized spacial score (nSPS) is 21.7. The number of carbonyl (C=O) groups is 2. The van der Waals surface area contributed by atoms with E-state index in [0.717, 1.165) is 0 Å². The Morgan fingerprint density at radius 1 is 1.48 bits per heavy atom. The summed E-state index contributed by atoms with van der Waals surface area (Å²) in [5, 5.41) is 4.72. The molecule has 1 aromatic rings. The van der Waals surface area contributed by atoms with E-state index >= 15 is 0 Å². The molecule has 8 nitrogen and oxygen atoms in total. The highest BCUT2D eigenvalue weighted by atomic mass is 35.5. The molecule has 0 bridgehead atoms. The molecule has 0 aromatic carbocycles. The van der Waals surface area contributed by atoms with Crippen LogP contribution in [0, 0.1) is 0 Å². The van der Waals surface area contributed by atoms with E-state index in [2.05, 4.69) is 5.10 Å². The molecule has 1 unspecified atom stereocenters. The number of ether oxygens (including phenoxy) is 3. The number of aryl methyl sites for hydroxylation is 1. The van der Waals surface area contributed by atoms with Crippen LogP contribution in [0.4, 0.5) is 0 Å². The van der Waals surface area contributed by atoms with Crippen LogP contribution < -0.4 is 0 Å². The maximum atomic E-state index is 12.7. The van der Waals surface area contributed by atoms with Gasteiger partial charge in [0.15, 0.2) is 12.4 Å². The van der Waals surface area contributed by atoms with E-state index in [9.17, 15) is 9.59 Å². The molecule has 0 saturated carbocycles. The molecule has 1 amide bonds. The maximum Gasteiger partial charge on any atom is 0.306 e. The highest BCUT2D eigenvalue weighted by molar-refractivity contribution is 6.31. The number of carbonyl (C=O) groups excluding carboxylic acids is 2. The highest BCUT2D eigenvalue weighted by Gasteiger charge is 2.35. The summed E-state index contributed by atoms with van der Waals surface area (Å²) in [5.74, 6) is -0.635. The van der Waals surface area contributed by atoms with Gasteiger partial charge in [0.05, 0.1) is 31.3 Å². The molecule has 2 saturated heterocycles. The molecule has 0 N–H and O–H groups in total. The number of hydrogen-bond acceptors (Lipinski definition) is 6.